The van der Waals surface area contributed by atoms with Crippen molar-refractivity contribution >= 4 is 39.6 Å². The van der Waals surface area contributed by atoms with Gasteiger partial charge in [0.2, 0.25) is 0 Å². The standard InChI is InChI=1S/C14H14N3O11PS2/c1-7-13(18)9-5-27-29(19,20)28-6-10(9)14(15-7)17-16-11-4-8(30(21,22)23)2-3-12(11)31(24,25)26/h2-4,18H,5-6H2,1H3,(H,19,20)(H,21,22,23)(H,24,25,26). The van der Waals surface area contributed by atoms with E-state index in [9.17, 15) is 36.0 Å². The Morgan fingerprint density at radius 2 is 1.65 bits per heavy atom. The van der Waals surface area contributed by atoms with E-state index < -0.39 is 56.8 Å². The van der Waals surface area contributed by atoms with Crippen LogP contribution in [0.25, 0.3) is 0 Å². The van der Waals surface area contributed by atoms with Gasteiger partial charge in [-0.15, -0.1) is 10.2 Å². The third-order valence-electron chi connectivity index (χ3n) is 4.04. The lowest BCUT2D eigenvalue weighted by atomic mass is 10.1. The molecule has 4 N–H and O–H groups in total. The zero-order chi connectivity index (χ0) is 23.2. The lowest BCUT2D eigenvalue weighted by Gasteiger charge is -2.11. The number of aromatic nitrogens is 1. The summed E-state index contributed by atoms with van der Waals surface area (Å²) in [5.74, 6) is -0.624. The summed E-state index contributed by atoms with van der Waals surface area (Å²) in [6.07, 6.45) is 0. The predicted molar refractivity (Wildman–Crippen MR) is 100 cm³/mol. The molecular weight excluding hydrogens is 481 g/mol. The number of benzene rings is 1. The Morgan fingerprint density at radius 1 is 1.03 bits per heavy atom. The van der Waals surface area contributed by atoms with Crippen molar-refractivity contribution < 1.29 is 49.6 Å². The van der Waals surface area contributed by atoms with Crippen LogP contribution >= 0.6 is 7.82 Å². The van der Waals surface area contributed by atoms with Crippen LogP contribution in [0.3, 0.4) is 0 Å². The Balaban J connectivity index is 2.17. The van der Waals surface area contributed by atoms with Crippen LogP contribution in [-0.4, -0.2) is 40.9 Å². The molecule has 1 aliphatic heterocycles. The molecule has 31 heavy (non-hydrogen) atoms. The molecule has 1 aromatic heterocycles. The van der Waals surface area contributed by atoms with E-state index in [0.29, 0.717) is 12.1 Å². The number of rotatable bonds is 4. The van der Waals surface area contributed by atoms with Crippen molar-refractivity contribution in [3.8, 4) is 5.75 Å². The minimum Gasteiger partial charge on any atom is -0.506 e. The van der Waals surface area contributed by atoms with Crippen LogP contribution in [0, 0.1) is 6.92 Å². The molecule has 0 bridgehead atoms. The Hall–Kier alpha value is -2.30. The van der Waals surface area contributed by atoms with Gasteiger partial charge in [0.05, 0.1) is 23.8 Å². The molecule has 0 radical (unpaired) electrons. The highest BCUT2D eigenvalue weighted by Gasteiger charge is 2.30. The number of aromatic hydroxyl groups is 1. The van der Waals surface area contributed by atoms with Gasteiger partial charge in [0.1, 0.15) is 16.3 Å². The molecule has 1 aromatic carbocycles. The van der Waals surface area contributed by atoms with Gasteiger partial charge in [-0.1, -0.05) is 0 Å². The Bertz CT molecular complexity index is 1360. The lowest BCUT2D eigenvalue weighted by molar-refractivity contribution is 0.149. The normalized spacial score (nSPS) is 19.9. The quantitative estimate of drug-likeness (QED) is 0.272. The van der Waals surface area contributed by atoms with Gasteiger partial charge < -0.3 is 10.00 Å². The Labute approximate surface area is 175 Å². The summed E-state index contributed by atoms with van der Waals surface area (Å²) < 4.78 is 85.5. The molecule has 0 saturated carbocycles. The number of phosphoric acid groups is 1. The van der Waals surface area contributed by atoms with Crippen molar-refractivity contribution in [1.82, 2.24) is 4.98 Å². The van der Waals surface area contributed by atoms with Gasteiger partial charge in [-0.25, -0.2) is 9.55 Å². The maximum atomic E-state index is 11.7. The van der Waals surface area contributed by atoms with E-state index in [4.69, 9.17) is 13.6 Å². The van der Waals surface area contributed by atoms with Gasteiger partial charge in [-0.2, -0.15) is 16.8 Å². The smallest absolute Gasteiger partial charge is 0.472 e. The first-order valence-electron chi connectivity index (χ1n) is 8.03. The summed E-state index contributed by atoms with van der Waals surface area (Å²) in [4.78, 5) is 11.9. The topological polar surface area (TPSA) is 222 Å². The third kappa shape index (κ3) is 5.13. The number of hydrogen-bond acceptors (Lipinski definition) is 11. The second kappa shape index (κ2) is 7.99. The van der Waals surface area contributed by atoms with Crippen molar-refractivity contribution in [1.29, 1.82) is 0 Å². The van der Waals surface area contributed by atoms with Crippen LogP contribution in [0.4, 0.5) is 11.5 Å². The summed E-state index contributed by atoms with van der Waals surface area (Å²) in [6, 6.07) is 2.08. The summed E-state index contributed by atoms with van der Waals surface area (Å²) >= 11 is 0. The average molecular weight is 495 g/mol. The Morgan fingerprint density at radius 3 is 2.23 bits per heavy atom. The second-order valence-electron chi connectivity index (χ2n) is 6.12. The highest BCUT2D eigenvalue weighted by atomic mass is 32.2. The van der Waals surface area contributed by atoms with Gasteiger partial charge in [-0.05, 0) is 25.1 Å². The highest BCUT2D eigenvalue weighted by Crippen LogP contribution is 2.50. The first kappa shape index (κ1) is 23.4. The lowest BCUT2D eigenvalue weighted by Crippen LogP contribution is -2.02. The summed E-state index contributed by atoms with van der Waals surface area (Å²) in [7, 11) is -14.0. The van der Waals surface area contributed by atoms with E-state index in [1.54, 1.807) is 0 Å². The first-order chi connectivity index (χ1) is 14.2. The molecule has 0 saturated heterocycles. The van der Waals surface area contributed by atoms with Gasteiger partial charge in [0, 0.05) is 11.1 Å². The molecule has 3 rings (SSSR count). The van der Waals surface area contributed by atoms with Gasteiger partial charge in [-0.3, -0.25) is 18.2 Å². The zero-order valence-corrected chi connectivity index (χ0v) is 17.9. The maximum absolute atomic E-state index is 11.7. The minimum absolute atomic E-state index is 0.00188. The van der Waals surface area contributed by atoms with Crippen LogP contribution in [0.5, 0.6) is 5.75 Å². The van der Waals surface area contributed by atoms with Crippen LogP contribution < -0.4 is 0 Å². The Kier molecular flexibility index (Phi) is 6.03. The predicted octanol–water partition coefficient (Wildman–Crippen LogP) is 2.15. The molecule has 2 heterocycles. The van der Waals surface area contributed by atoms with Crippen LogP contribution in [-0.2, 0) is 47.1 Å². The van der Waals surface area contributed by atoms with E-state index in [1.165, 1.54) is 6.92 Å². The molecule has 0 fully saturated rings. The fraction of sp³-hybridized carbons (Fsp3) is 0.214. The highest BCUT2D eigenvalue weighted by molar-refractivity contribution is 7.86. The van der Waals surface area contributed by atoms with E-state index in [2.05, 4.69) is 15.2 Å². The fourth-order valence-corrected chi connectivity index (χ4v) is 4.31. The second-order valence-corrected chi connectivity index (χ2v) is 10.4. The molecule has 0 aliphatic carbocycles. The van der Waals surface area contributed by atoms with Crippen LogP contribution in [0.1, 0.15) is 16.8 Å². The first-order valence-corrected chi connectivity index (χ1v) is 12.4. The van der Waals surface area contributed by atoms with Crippen molar-refractivity contribution in [3.63, 3.8) is 0 Å². The average Bonchev–Trinajstić information content (AvgIpc) is 2.80. The molecule has 1 unspecified atom stereocenters. The number of hydrogen-bond donors (Lipinski definition) is 4. The maximum Gasteiger partial charge on any atom is 0.472 e. The number of azo groups is 1. The van der Waals surface area contributed by atoms with Crippen molar-refractivity contribution in [3.05, 3.63) is 35.0 Å². The molecule has 2 aromatic rings. The van der Waals surface area contributed by atoms with Crippen LogP contribution in [0.15, 0.2) is 38.2 Å². The van der Waals surface area contributed by atoms with Crippen molar-refractivity contribution in [2.24, 2.45) is 10.2 Å². The molecule has 14 nitrogen and oxygen atoms in total. The SMILES string of the molecule is Cc1nc(N=Nc2cc(S(=O)(=O)O)ccc2S(=O)(=O)O)c2c(c1O)COP(=O)(O)OC2. The molecule has 1 atom stereocenters. The van der Waals surface area contributed by atoms with E-state index in [0.717, 1.165) is 6.07 Å². The van der Waals surface area contributed by atoms with Gasteiger partial charge in [0.15, 0.2) is 5.82 Å². The molecule has 0 amide bonds. The van der Waals surface area contributed by atoms with Crippen LogP contribution in [0.2, 0.25) is 0 Å². The van der Waals surface area contributed by atoms with E-state index in [1.807, 2.05) is 0 Å². The third-order valence-corrected chi connectivity index (χ3v) is 6.70. The largest absolute Gasteiger partial charge is 0.506 e. The van der Waals surface area contributed by atoms with Gasteiger partial charge in [0.25, 0.3) is 20.2 Å². The molecule has 17 heteroatoms. The van der Waals surface area contributed by atoms with E-state index in [-0.39, 0.29) is 28.4 Å². The van der Waals surface area contributed by atoms with Gasteiger partial charge >= 0.3 is 7.82 Å². The monoisotopic (exact) mass is 495 g/mol. The fourth-order valence-electron chi connectivity index (χ4n) is 2.55. The number of phosphoric ester groups is 1. The summed E-state index contributed by atoms with van der Waals surface area (Å²) in [5.41, 5.74) is -0.613. The number of fused-ring (bicyclic) bond motifs is 1. The summed E-state index contributed by atoms with van der Waals surface area (Å²) in [5, 5.41) is 17.5. The number of aryl methyl sites for hydroxylation is 1. The van der Waals surface area contributed by atoms with Crippen molar-refractivity contribution in [2.75, 3.05) is 0 Å². The zero-order valence-electron chi connectivity index (χ0n) is 15.4. The van der Waals surface area contributed by atoms with Crippen molar-refractivity contribution in [2.45, 2.75) is 29.9 Å². The minimum atomic E-state index is -4.86. The molecular formula is C14H14N3O11PS2. The molecule has 1 aliphatic rings. The number of pyridine rings is 1. The molecule has 168 valence electrons. The summed E-state index contributed by atoms with van der Waals surface area (Å²) in [6.45, 7) is 0.269. The molecule has 0 spiro atoms. The number of nitrogens with zero attached hydrogens (tertiary/aromatic N) is 3. The van der Waals surface area contributed by atoms with E-state index >= 15 is 0 Å².